The molecule has 6 nitrogen and oxygen atoms in total. The number of urea groups is 1. The molecule has 20 heavy (non-hydrogen) atoms. The minimum Gasteiger partial charge on any atom is -0.480 e. The molecule has 1 heterocycles. The molecule has 0 aromatic carbocycles. The van der Waals surface area contributed by atoms with Crippen molar-refractivity contribution in [1.29, 1.82) is 0 Å². The number of carboxylic acid groups (broad SMARTS) is 1. The van der Waals surface area contributed by atoms with Crippen molar-refractivity contribution in [2.24, 2.45) is 0 Å². The van der Waals surface area contributed by atoms with Gasteiger partial charge >= 0.3 is 12.0 Å². The summed E-state index contributed by atoms with van der Waals surface area (Å²) in [5, 5.41) is 9.32. The van der Waals surface area contributed by atoms with E-state index in [1.165, 1.54) is 4.90 Å². The standard InChI is InChI=1S/C14H27N3O3/c1-7-17(14(4,5)12(18)19)13(20)16-8-10(2)15(6)11(3)9-16/h10-11H,7-9H2,1-6H3,(H,18,19). The van der Waals surface area contributed by atoms with Crippen molar-refractivity contribution >= 4 is 12.0 Å². The van der Waals surface area contributed by atoms with Gasteiger partial charge in [0, 0.05) is 31.7 Å². The molecule has 1 aliphatic rings. The number of nitrogens with zero attached hydrogens (tertiary/aromatic N) is 3. The van der Waals surface area contributed by atoms with Gasteiger partial charge in [-0.1, -0.05) is 0 Å². The first kappa shape index (κ1) is 16.8. The number of carbonyl (C=O) groups is 2. The maximum atomic E-state index is 12.6. The van der Waals surface area contributed by atoms with Gasteiger partial charge in [0.25, 0.3) is 0 Å². The third kappa shape index (κ3) is 3.06. The van der Waals surface area contributed by atoms with E-state index >= 15 is 0 Å². The van der Waals surface area contributed by atoms with E-state index < -0.39 is 11.5 Å². The van der Waals surface area contributed by atoms with Crippen LogP contribution in [-0.2, 0) is 4.79 Å². The molecule has 1 fully saturated rings. The normalized spacial score (nSPS) is 24.6. The van der Waals surface area contributed by atoms with Crippen LogP contribution in [0.2, 0.25) is 0 Å². The Labute approximate surface area is 121 Å². The van der Waals surface area contributed by atoms with E-state index in [0.717, 1.165) is 0 Å². The number of carboxylic acids is 1. The van der Waals surface area contributed by atoms with E-state index in [9.17, 15) is 14.7 Å². The molecule has 2 amide bonds. The van der Waals surface area contributed by atoms with E-state index in [4.69, 9.17) is 0 Å². The highest BCUT2D eigenvalue weighted by molar-refractivity contribution is 5.85. The smallest absolute Gasteiger partial charge is 0.329 e. The number of piperazine rings is 1. The van der Waals surface area contributed by atoms with Crippen LogP contribution in [0, 0.1) is 0 Å². The first-order valence-corrected chi connectivity index (χ1v) is 7.14. The van der Waals surface area contributed by atoms with Gasteiger partial charge in [-0.05, 0) is 41.7 Å². The van der Waals surface area contributed by atoms with E-state index in [1.54, 1.807) is 18.7 Å². The fourth-order valence-corrected chi connectivity index (χ4v) is 2.62. The zero-order chi connectivity index (χ0) is 15.7. The second-order valence-corrected chi connectivity index (χ2v) is 6.16. The van der Waals surface area contributed by atoms with Gasteiger partial charge in [0.2, 0.25) is 0 Å². The van der Waals surface area contributed by atoms with Crippen molar-refractivity contribution < 1.29 is 14.7 Å². The van der Waals surface area contributed by atoms with Gasteiger partial charge in [-0.15, -0.1) is 0 Å². The number of amides is 2. The van der Waals surface area contributed by atoms with Gasteiger partial charge in [0.05, 0.1) is 0 Å². The quantitative estimate of drug-likeness (QED) is 0.849. The lowest BCUT2D eigenvalue weighted by Crippen LogP contribution is -2.62. The third-order valence-corrected chi connectivity index (χ3v) is 4.38. The molecule has 0 saturated carbocycles. The van der Waals surface area contributed by atoms with Crippen LogP contribution in [0.1, 0.15) is 34.6 Å². The monoisotopic (exact) mass is 285 g/mol. The van der Waals surface area contributed by atoms with Gasteiger partial charge in [-0.25, -0.2) is 9.59 Å². The molecular formula is C14H27N3O3. The molecule has 6 heteroatoms. The Balaban J connectivity index is 2.90. The van der Waals surface area contributed by atoms with Crippen molar-refractivity contribution in [2.45, 2.75) is 52.2 Å². The summed E-state index contributed by atoms with van der Waals surface area (Å²) < 4.78 is 0. The Morgan fingerprint density at radius 3 is 2.05 bits per heavy atom. The summed E-state index contributed by atoms with van der Waals surface area (Å²) in [5.74, 6) is -0.983. The molecule has 1 aliphatic heterocycles. The van der Waals surface area contributed by atoms with Crippen LogP contribution in [0.5, 0.6) is 0 Å². The minimum absolute atomic E-state index is 0.188. The van der Waals surface area contributed by atoms with Crippen molar-refractivity contribution in [1.82, 2.24) is 14.7 Å². The fraction of sp³-hybridized carbons (Fsp3) is 0.857. The molecule has 0 aliphatic carbocycles. The summed E-state index contributed by atoms with van der Waals surface area (Å²) in [4.78, 5) is 29.5. The van der Waals surface area contributed by atoms with Gasteiger partial charge in [-0.2, -0.15) is 0 Å². The number of hydrogen-bond acceptors (Lipinski definition) is 3. The van der Waals surface area contributed by atoms with Gasteiger partial charge in [0.15, 0.2) is 0 Å². The molecule has 0 radical (unpaired) electrons. The maximum Gasteiger partial charge on any atom is 0.329 e. The van der Waals surface area contributed by atoms with Crippen molar-refractivity contribution in [3.05, 3.63) is 0 Å². The summed E-state index contributed by atoms with van der Waals surface area (Å²) in [6.07, 6.45) is 0. The van der Waals surface area contributed by atoms with Crippen molar-refractivity contribution in [3.63, 3.8) is 0 Å². The molecule has 0 bridgehead atoms. The zero-order valence-corrected chi connectivity index (χ0v) is 13.4. The second-order valence-electron chi connectivity index (χ2n) is 6.16. The number of likely N-dealkylation sites (N-methyl/N-ethyl adjacent to an activating group) is 2. The first-order chi connectivity index (χ1) is 9.12. The topological polar surface area (TPSA) is 64.1 Å². The Kier molecular flexibility index (Phi) is 5.02. The van der Waals surface area contributed by atoms with Crippen molar-refractivity contribution in [3.8, 4) is 0 Å². The minimum atomic E-state index is -1.19. The lowest BCUT2D eigenvalue weighted by molar-refractivity contribution is -0.147. The molecular weight excluding hydrogens is 258 g/mol. The SMILES string of the molecule is CCN(C(=O)N1CC(C)N(C)C(C)C1)C(C)(C)C(=O)O. The van der Waals surface area contributed by atoms with Crippen LogP contribution in [0.25, 0.3) is 0 Å². The molecule has 0 aromatic rings. The lowest BCUT2D eigenvalue weighted by Gasteiger charge is -2.45. The summed E-state index contributed by atoms with van der Waals surface area (Å²) in [7, 11) is 2.05. The van der Waals surface area contributed by atoms with Gasteiger partial charge in [-0.3, -0.25) is 4.90 Å². The predicted octanol–water partition coefficient (Wildman–Crippen LogP) is 1.32. The summed E-state index contributed by atoms with van der Waals surface area (Å²) in [6, 6.07) is 0.357. The number of rotatable bonds is 3. The summed E-state index contributed by atoms with van der Waals surface area (Å²) >= 11 is 0. The summed E-state index contributed by atoms with van der Waals surface area (Å²) in [5.41, 5.74) is -1.19. The number of hydrogen-bond donors (Lipinski definition) is 1. The largest absolute Gasteiger partial charge is 0.480 e. The highest BCUT2D eigenvalue weighted by atomic mass is 16.4. The highest BCUT2D eigenvalue weighted by Crippen LogP contribution is 2.20. The van der Waals surface area contributed by atoms with Crippen LogP contribution in [0.4, 0.5) is 4.79 Å². The molecule has 2 atom stereocenters. The second kappa shape index (κ2) is 5.99. The van der Waals surface area contributed by atoms with Crippen LogP contribution >= 0.6 is 0 Å². The number of carbonyl (C=O) groups excluding carboxylic acids is 1. The Hall–Kier alpha value is -1.30. The molecule has 0 spiro atoms. The molecule has 2 unspecified atom stereocenters. The molecule has 0 aromatic heterocycles. The van der Waals surface area contributed by atoms with Crippen LogP contribution in [0.15, 0.2) is 0 Å². The Morgan fingerprint density at radius 1 is 1.25 bits per heavy atom. The van der Waals surface area contributed by atoms with E-state index in [1.807, 2.05) is 6.92 Å². The fourth-order valence-electron chi connectivity index (χ4n) is 2.62. The lowest BCUT2D eigenvalue weighted by atomic mass is 10.0. The zero-order valence-electron chi connectivity index (χ0n) is 13.4. The van der Waals surface area contributed by atoms with E-state index in [0.29, 0.717) is 19.6 Å². The Morgan fingerprint density at radius 2 is 1.70 bits per heavy atom. The Bertz CT molecular complexity index is 372. The maximum absolute atomic E-state index is 12.6. The van der Waals surface area contributed by atoms with Crippen LogP contribution in [-0.4, -0.2) is 76.1 Å². The van der Waals surface area contributed by atoms with Gasteiger partial charge in [0.1, 0.15) is 5.54 Å². The molecule has 116 valence electrons. The van der Waals surface area contributed by atoms with Crippen molar-refractivity contribution in [2.75, 3.05) is 26.7 Å². The predicted molar refractivity (Wildman–Crippen MR) is 77.8 cm³/mol. The van der Waals surface area contributed by atoms with Gasteiger partial charge < -0.3 is 14.9 Å². The molecule has 1 saturated heterocycles. The third-order valence-electron chi connectivity index (χ3n) is 4.38. The van der Waals surface area contributed by atoms with Crippen LogP contribution in [0.3, 0.4) is 0 Å². The highest BCUT2D eigenvalue weighted by Gasteiger charge is 2.40. The molecule has 1 N–H and O–H groups in total. The van der Waals surface area contributed by atoms with E-state index in [2.05, 4.69) is 25.8 Å². The average molecular weight is 285 g/mol. The average Bonchev–Trinajstić information content (AvgIpc) is 2.35. The summed E-state index contributed by atoms with van der Waals surface area (Å²) in [6.45, 7) is 10.7. The van der Waals surface area contributed by atoms with E-state index in [-0.39, 0.29) is 18.1 Å². The van der Waals surface area contributed by atoms with Crippen LogP contribution < -0.4 is 0 Å². The molecule has 1 rings (SSSR count). The number of aliphatic carboxylic acids is 1. The first-order valence-electron chi connectivity index (χ1n) is 7.14.